The third-order valence-corrected chi connectivity index (χ3v) is 3.54. The van der Waals surface area contributed by atoms with Gasteiger partial charge in [-0.2, -0.15) is 4.98 Å². The summed E-state index contributed by atoms with van der Waals surface area (Å²) >= 11 is 0. The summed E-state index contributed by atoms with van der Waals surface area (Å²) in [5.41, 5.74) is 9.48. The van der Waals surface area contributed by atoms with Crippen molar-refractivity contribution in [2.24, 2.45) is 5.73 Å². The topological polar surface area (TPSA) is 64.9 Å². The van der Waals surface area contributed by atoms with Crippen LogP contribution >= 0.6 is 0 Å². The number of nitrogens with two attached hydrogens (primary N) is 1. The lowest BCUT2D eigenvalue weighted by atomic mass is 10.0. The molecule has 0 bridgehead atoms. The Bertz CT molecular complexity index is 544. The molecule has 1 unspecified atom stereocenters. The fraction of sp³-hybridized carbons (Fsp3) is 0.467. The van der Waals surface area contributed by atoms with Crippen LogP contribution in [0.2, 0.25) is 0 Å². The zero-order chi connectivity index (χ0) is 13.8. The van der Waals surface area contributed by atoms with Gasteiger partial charge in [0.25, 0.3) is 0 Å². The van der Waals surface area contributed by atoms with E-state index in [1.54, 1.807) is 0 Å². The maximum absolute atomic E-state index is 5.69. The van der Waals surface area contributed by atoms with E-state index in [1.807, 2.05) is 0 Å². The third-order valence-electron chi connectivity index (χ3n) is 3.54. The Labute approximate surface area is 114 Å². The maximum atomic E-state index is 5.69. The summed E-state index contributed by atoms with van der Waals surface area (Å²) in [4.78, 5) is 4.44. The van der Waals surface area contributed by atoms with Crippen LogP contribution < -0.4 is 5.73 Å². The SMILES string of the molecule is CCC(CN)c1nc(Cc2ccc(C)c(C)c2)no1. The highest BCUT2D eigenvalue weighted by atomic mass is 16.5. The van der Waals surface area contributed by atoms with Gasteiger partial charge in [-0.3, -0.25) is 0 Å². The molecule has 2 aromatic rings. The molecule has 0 radical (unpaired) electrons. The second kappa shape index (κ2) is 5.97. The Morgan fingerprint density at radius 1 is 1.26 bits per heavy atom. The number of benzene rings is 1. The van der Waals surface area contributed by atoms with Crippen LogP contribution in [0.5, 0.6) is 0 Å². The first-order valence-corrected chi connectivity index (χ1v) is 6.72. The molecule has 1 heterocycles. The first kappa shape index (κ1) is 13.7. The molecule has 2 rings (SSSR count). The van der Waals surface area contributed by atoms with Crippen LogP contribution in [0.3, 0.4) is 0 Å². The van der Waals surface area contributed by atoms with E-state index < -0.39 is 0 Å². The largest absolute Gasteiger partial charge is 0.339 e. The monoisotopic (exact) mass is 259 g/mol. The van der Waals surface area contributed by atoms with Gasteiger partial charge in [0.1, 0.15) is 0 Å². The van der Waals surface area contributed by atoms with E-state index in [4.69, 9.17) is 10.3 Å². The average molecular weight is 259 g/mol. The molecule has 0 amide bonds. The van der Waals surface area contributed by atoms with Gasteiger partial charge in [-0.25, -0.2) is 0 Å². The Morgan fingerprint density at radius 2 is 2.05 bits per heavy atom. The molecule has 0 aliphatic carbocycles. The van der Waals surface area contributed by atoms with E-state index in [-0.39, 0.29) is 5.92 Å². The van der Waals surface area contributed by atoms with Gasteiger partial charge in [-0.05, 0) is 37.0 Å². The number of hydrogen-bond donors (Lipinski definition) is 1. The second-order valence-corrected chi connectivity index (χ2v) is 4.99. The van der Waals surface area contributed by atoms with Gasteiger partial charge in [0, 0.05) is 13.0 Å². The molecule has 0 aliphatic rings. The molecule has 19 heavy (non-hydrogen) atoms. The highest BCUT2D eigenvalue weighted by molar-refractivity contribution is 5.31. The van der Waals surface area contributed by atoms with Crippen molar-refractivity contribution in [2.45, 2.75) is 39.5 Å². The van der Waals surface area contributed by atoms with Crippen LogP contribution in [0.1, 0.15) is 47.7 Å². The Balaban J connectivity index is 2.13. The minimum atomic E-state index is 0.168. The number of aryl methyl sites for hydroxylation is 2. The molecule has 1 aromatic carbocycles. The molecule has 0 spiro atoms. The third kappa shape index (κ3) is 3.20. The van der Waals surface area contributed by atoms with Crippen molar-refractivity contribution >= 4 is 0 Å². The van der Waals surface area contributed by atoms with Crippen molar-refractivity contribution in [3.05, 3.63) is 46.6 Å². The molecule has 0 saturated carbocycles. The van der Waals surface area contributed by atoms with E-state index in [1.165, 1.54) is 16.7 Å². The van der Waals surface area contributed by atoms with Gasteiger partial charge >= 0.3 is 0 Å². The van der Waals surface area contributed by atoms with Crippen molar-refractivity contribution < 1.29 is 4.52 Å². The lowest BCUT2D eigenvalue weighted by molar-refractivity contribution is 0.348. The Kier molecular flexibility index (Phi) is 4.32. The summed E-state index contributed by atoms with van der Waals surface area (Å²) < 4.78 is 5.29. The van der Waals surface area contributed by atoms with Crippen molar-refractivity contribution in [3.8, 4) is 0 Å². The van der Waals surface area contributed by atoms with Gasteiger partial charge < -0.3 is 10.3 Å². The molecule has 0 fully saturated rings. The van der Waals surface area contributed by atoms with E-state index >= 15 is 0 Å². The zero-order valence-corrected chi connectivity index (χ0v) is 11.8. The van der Waals surface area contributed by atoms with Crippen LogP contribution in [0, 0.1) is 13.8 Å². The second-order valence-electron chi connectivity index (χ2n) is 4.99. The fourth-order valence-corrected chi connectivity index (χ4v) is 2.04. The summed E-state index contributed by atoms with van der Waals surface area (Å²) in [7, 11) is 0. The summed E-state index contributed by atoms with van der Waals surface area (Å²) in [5, 5.41) is 4.04. The van der Waals surface area contributed by atoms with Gasteiger partial charge in [0.2, 0.25) is 5.89 Å². The van der Waals surface area contributed by atoms with Crippen molar-refractivity contribution in [1.82, 2.24) is 10.1 Å². The summed E-state index contributed by atoms with van der Waals surface area (Å²) in [6.07, 6.45) is 1.62. The standard InChI is InChI=1S/C15H21N3O/c1-4-13(9-16)15-17-14(18-19-15)8-12-6-5-10(2)11(3)7-12/h5-7,13H,4,8-9,16H2,1-3H3. The smallest absolute Gasteiger partial charge is 0.231 e. The van der Waals surface area contributed by atoms with Crippen molar-refractivity contribution in [1.29, 1.82) is 0 Å². The van der Waals surface area contributed by atoms with Gasteiger partial charge in [0.15, 0.2) is 5.82 Å². The summed E-state index contributed by atoms with van der Waals surface area (Å²) in [6.45, 7) is 6.84. The van der Waals surface area contributed by atoms with Crippen LogP contribution in [0.15, 0.2) is 22.7 Å². The van der Waals surface area contributed by atoms with Crippen molar-refractivity contribution in [3.63, 3.8) is 0 Å². The predicted octanol–water partition coefficient (Wildman–Crippen LogP) is 2.73. The van der Waals surface area contributed by atoms with E-state index in [0.717, 1.165) is 12.2 Å². The van der Waals surface area contributed by atoms with Gasteiger partial charge in [-0.15, -0.1) is 0 Å². The fourth-order valence-electron chi connectivity index (χ4n) is 2.04. The normalized spacial score (nSPS) is 12.6. The molecular formula is C15H21N3O. The van der Waals surface area contributed by atoms with Crippen molar-refractivity contribution in [2.75, 3.05) is 6.54 Å². The predicted molar refractivity (Wildman–Crippen MR) is 75.1 cm³/mol. The summed E-state index contributed by atoms with van der Waals surface area (Å²) in [5.74, 6) is 1.55. The number of hydrogen-bond acceptors (Lipinski definition) is 4. The Hall–Kier alpha value is -1.68. The molecule has 4 nitrogen and oxygen atoms in total. The highest BCUT2D eigenvalue weighted by Crippen LogP contribution is 2.17. The van der Waals surface area contributed by atoms with E-state index in [0.29, 0.717) is 18.9 Å². The van der Waals surface area contributed by atoms with E-state index in [2.05, 4.69) is 49.1 Å². The van der Waals surface area contributed by atoms with Crippen LogP contribution in [-0.2, 0) is 6.42 Å². The highest BCUT2D eigenvalue weighted by Gasteiger charge is 2.15. The number of rotatable bonds is 5. The van der Waals surface area contributed by atoms with Gasteiger partial charge in [0.05, 0.1) is 5.92 Å². The molecule has 102 valence electrons. The average Bonchev–Trinajstić information content (AvgIpc) is 2.84. The summed E-state index contributed by atoms with van der Waals surface area (Å²) in [6, 6.07) is 6.41. The molecule has 0 saturated heterocycles. The van der Waals surface area contributed by atoms with Crippen LogP contribution in [0.25, 0.3) is 0 Å². The minimum Gasteiger partial charge on any atom is -0.339 e. The quantitative estimate of drug-likeness (QED) is 0.896. The van der Waals surface area contributed by atoms with Crippen LogP contribution in [0.4, 0.5) is 0 Å². The van der Waals surface area contributed by atoms with E-state index in [9.17, 15) is 0 Å². The lowest BCUT2D eigenvalue weighted by Crippen LogP contribution is -2.11. The molecule has 1 aromatic heterocycles. The minimum absolute atomic E-state index is 0.168. The maximum Gasteiger partial charge on any atom is 0.231 e. The Morgan fingerprint density at radius 3 is 2.68 bits per heavy atom. The van der Waals surface area contributed by atoms with Gasteiger partial charge in [-0.1, -0.05) is 30.3 Å². The lowest BCUT2D eigenvalue weighted by Gasteiger charge is -2.04. The zero-order valence-electron chi connectivity index (χ0n) is 11.8. The molecule has 2 N–H and O–H groups in total. The van der Waals surface area contributed by atoms with Crippen LogP contribution in [-0.4, -0.2) is 16.7 Å². The molecular weight excluding hydrogens is 238 g/mol. The molecule has 0 aliphatic heterocycles. The number of aromatic nitrogens is 2. The number of nitrogens with zero attached hydrogens (tertiary/aromatic N) is 2. The first-order chi connectivity index (χ1) is 9.13. The molecule has 1 atom stereocenters. The molecule has 4 heteroatoms. The first-order valence-electron chi connectivity index (χ1n) is 6.72.